The Bertz CT molecular complexity index is 1050. The van der Waals surface area contributed by atoms with Crippen molar-refractivity contribution in [3.8, 4) is 5.75 Å². The van der Waals surface area contributed by atoms with Crippen LogP contribution in [-0.2, 0) is 16.1 Å². The number of rotatable bonds is 7. The summed E-state index contributed by atoms with van der Waals surface area (Å²) >= 11 is 0. The summed E-state index contributed by atoms with van der Waals surface area (Å²) < 4.78 is 5.26. The fourth-order valence-corrected chi connectivity index (χ4v) is 6.52. The zero-order chi connectivity index (χ0) is 25.1. The highest BCUT2D eigenvalue weighted by molar-refractivity contribution is 5.85. The van der Waals surface area contributed by atoms with Crippen LogP contribution in [0, 0.1) is 11.3 Å². The highest BCUT2D eigenvalue weighted by Crippen LogP contribution is 2.43. The maximum Gasteiger partial charge on any atom is 0.229 e. The Morgan fingerprint density at radius 2 is 1.65 bits per heavy atom. The average Bonchev–Trinajstić information content (AvgIpc) is 3.47. The van der Waals surface area contributed by atoms with Gasteiger partial charge in [0.05, 0.1) is 12.5 Å². The number of amides is 2. The standard InChI is InChI=1S/C30H39N3O3.ClH/c1-3-28(34)33-21-25(27(22-33)24-7-5-4-6-8-24)20-31-16-13-30(14-17-31)15-18-32(29(30)35)19-23-9-11-26(36-2)12-10-23;/h4-12,25,27H,3,13-22H2,1-2H3;1H/t25-,27+;/m0./s1. The number of likely N-dealkylation sites (tertiary alicyclic amines) is 3. The fourth-order valence-electron chi connectivity index (χ4n) is 6.52. The van der Waals surface area contributed by atoms with E-state index in [2.05, 4.69) is 52.3 Å². The first-order valence-electron chi connectivity index (χ1n) is 13.5. The predicted octanol–water partition coefficient (Wildman–Crippen LogP) is 4.58. The molecule has 2 atom stereocenters. The maximum absolute atomic E-state index is 13.5. The molecule has 2 aromatic carbocycles. The molecule has 0 aromatic heterocycles. The molecule has 0 aliphatic carbocycles. The third-order valence-corrected chi connectivity index (χ3v) is 8.76. The SMILES string of the molecule is CCC(=O)N1C[C@H](CN2CCC3(CC2)CCN(Cc2ccc(OC)cc2)C3=O)[C@@H](c2ccccc2)C1.Cl. The molecule has 37 heavy (non-hydrogen) atoms. The molecular weight excluding hydrogens is 486 g/mol. The van der Waals surface area contributed by atoms with Crippen LogP contribution in [0.15, 0.2) is 54.6 Å². The van der Waals surface area contributed by atoms with Crippen molar-refractivity contribution in [2.24, 2.45) is 11.3 Å². The van der Waals surface area contributed by atoms with Crippen molar-refractivity contribution < 1.29 is 14.3 Å². The maximum atomic E-state index is 13.5. The van der Waals surface area contributed by atoms with Crippen molar-refractivity contribution >= 4 is 24.2 Å². The van der Waals surface area contributed by atoms with Crippen LogP contribution in [0.2, 0.25) is 0 Å². The Labute approximate surface area is 227 Å². The Morgan fingerprint density at radius 1 is 0.973 bits per heavy atom. The Morgan fingerprint density at radius 3 is 2.30 bits per heavy atom. The molecule has 3 aliphatic rings. The van der Waals surface area contributed by atoms with Crippen LogP contribution in [-0.4, -0.2) is 72.9 Å². The van der Waals surface area contributed by atoms with E-state index in [4.69, 9.17) is 4.74 Å². The van der Waals surface area contributed by atoms with E-state index in [9.17, 15) is 9.59 Å². The first-order chi connectivity index (χ1) is 17.5. The average molecular weight is 526 g/mol. The van der Waals surface area contributed by atoms with Crippen LogP contribution in [0.5, 0.6) is 5.75 Å². The largest absolute Gasteiger partial charge is 0.497 e. The van der Waals surface area contributed by atoms with Crippen LogP contribution >= 0.6 is 12.4 Å². The van der Waals surface area contributed by atoms with Crippen molar-refractivity contribution in [1.29, 1.82) is 0 Å². The molecule has 3 heterocycles. The van der Waals surface area contributed by atoms with Crippen LogP contribution < -0.4 is 4.74 Å². The molecule has 0 saturated carbocycles. The number of hydrogen-bond acceptors (Lipinski definition) is 4. The number of ether oxygens (including phenoxy) is 1. The molecule has 0 bridgehead atoms. The van der Waals surface area contributed by atoms with E-state index in [-0.39, 0.29) is 23.7 Å². The van der Waals surface area contributed by atoms with Gasteiger partial charge in [0.2, 0.25) is 11.8 Å². The quantitative estimate of drug-likeness (QED) is 0.531. The van der Waals surface area contributed by atoms with Gasteiger partial charge in [-0.05, 0) is 61.5 Å². The minimum absolute atomic E-state index is 0. The van der Waals surface area contributed by atoms with Crippen molar-refractivity contribution in [1.82, 2.24) is 14.7 Å². The molecule has 0 unspecified atom stereocenters. The molecule has 3 fully saturated rings. The number of carbonyl (C=O) groups excluding carboxylic acids is 2. The molecule has 1 spiro atoms. The summed E-state index contributed by atoms with van der Waals surface area (Å²) in [5, 5.41) is 0. The van der Waals surface area contributed by atoms with Crippen LogP contribution in [0.1, 0.15) is 49.7 Å². The summed E-state index contributed by atoms with van der Waals surface area (Å²) in [7, 11) is 1.67. The van der Waals surface area contributed by atoms with E-state index in [0.717, 1.165) is 69.8 Å². The Hall–Kier alpha value is -2.57. The number of methoxy groups -OCH3 is 1. The van der Waals surface area contributed by atoms with Gasteiger partial charge in [0.25, 0.3) is 0 Å². The number of halogens is 1. The van der Waals surface area contributed by atoms with E-state index in [1.807, 2.05) is 24.0 Å². The fraction of sp³-hybridized carbons (Fsp3) is 0.533. The molecule has 3 aliphatic heterocycles. The summed E-state index contributed by atoms with van der Waals surface area (Å²) in [6.45, 7) is 8.04. The van der Waals surface area contributed by atoms with Crippen molar-refractivity contribution in [3.63, 3.8) is 0 Å². The molecular formula is C30H40ClN3O3. The van der Waals surface area contributed by atoms with Gasteiger partial charge in [0.1, 0.15) is 5.75 Å². The zero-order valence-corrected chi connectivity index (χ0v) is 22.9. The van der Waals surface area contributed by atoms with Gasteiger partial charge in [-0.1, -0.05) is 49.4 Å². The van der Waals surface area contributed by atoms with E-state index >= 15 is 0 Å². The number of nitrogens with zero attached hydrogens (tertiary/aromatic N) is 3. The summed E-state index contributed by atoms with van der Waals surface area (Å²) in [5.74, 6) is 2.24. The van der Waals surface area contributed by atoms with E-state index in [1.165, 1.54) is 5.56 Å². The Balaban J connectivity index is 0.00000320. The van der Waals surface area contributed by atoms with Crippen molar-refractivity contribution in [2.75, 3.05) is 46.4 Å². The van der Waals surface area contributed by atoms with E-state index in [0.29, 0.717) is 30.7 Å². The lowest BCUT2D eigenvalue weighted by molar-refractivity contribution is -0.139. The third-order valence-electron chi connectivity index (χ3n) is 8.76. The number of piperidine rings is 1. The smallest absolute Gasteiger partial charge is 0.229 e. The molecule has 6 nitrogen and oxygen atoms in total. The van der Waals surface area contributed by atoms with Gasteiger partial charge in [-0.25, -0.2) is 0 Å². The molecule has 2 amide bonds. The van der Waals surface area contributed by atoms with Crippen LogP contribution in [0.3, 0.4) is 0 Å². The third kappa shape index (κ3) is 5.80. The first kappa shape index (κ1) is 27.5. The molecule has 200 valence electrons. The number of hydrogen-bond donors (Lipinski definition) is 0. The van der Waals surface area contributed by atoms with Gasteiger partial charge in [-0.2, -0.15) is 0 Å². The minimum atomic E-state index is -0.193. The highest BCUT2D eigenvalue weighted by Gasteiger charge is 2.48. The van der Waals surface area contributed by atoms with Gasteiger partial charge in [0.15, 0.2) is 0 Å². The van der Waals surface area contributed by atoms with Crippen molar-refractivity contribution in [3.05, 3.63) is 65.7 Å². The molecule has 7 heteroatoms. The number of benzene rings is 2. The topological polar surface area (TPSA) is 53.1 Å². The summed E-state index contributed by atoms with van der Waals surface area (Å²) in [6.07, 6.45) is 3.40. The highest BCUT2D eigenvalue weighted by atomic mass is 35.5. The Kier molecular flexibility index (Phi) is 8.81. The first-order valence-corrected chi connectivity index (χ1v) is 13.5. The zero-order valence-electron chi connectivity index (χ0n) is 22.1. The van der Waals surface area contributed by atoms with Gasteiger partial charge in [0, 0.05) is 45.1 Å². The summed E-state index contributed by atoms with van der Waals surface area (Å²) in [6, 6.07) is 18.7. The second kappa shape index (κ2) is 11.9. The van der Waals surface area contributed by atoms with Crippen molar-refractivity contribution in [2.45, 2.75) is 45.1 Å². The van der Waals surface area contributed by atoms with Crippen LogP contribution in [0.4, 0.5) is 0 Å². The lowest BCUT2D eigenvalue weighted by Gasteiger charge is -2.39. The predicted molar refractivity (Wildman–Crippen MR) is 148 cm³/mol. The van der Waals surface area contributed by atoms with E-state index < -0.39 is 0 Å². The number of carbonyl (C=O) groups is 2. The summed E-state index contributed by atoms with van der Waals surface area (Å²) in [5.41, 5.74) is 2.29. The lowest BCUT2D eigenvalue weighted by atomic mass is 9.76. The monoisotopic (exact) mass is 525 g/mol. The molecule has 0 radical (unpaired) electrons. The minimum Gasteiger partial charge on any atom is -0.497 e. The van der Waals surface area contributed by atoms with E-state index in [1.54, 1.807) is 7.11 Å². The molecule has 0 N–H and O–H groups in total. The second-order valence-electron chi connectivity index (χ2n) is 10.8. The van der Waals surface area contributed by atoms with Gasteiger partial charge >= 0.3 is 0 Å². The summed E-state index contributed by atoms with van der Waals surface area (Å²) in [4.78, 5) is 32.6. The lowest BCUT2D eigenvalue weighted by Crippen LogP contribution is -2.46. The normalized spacial score (nSPS) is 23.4. The molecule has 5 rings (SSSR count). The second-order valence-corrected chi connectivity index (χ2v) is 10.8. The van der Waals surface area contributed by atoms with Gasteiger partial charge in [-0.3, -0.25) is 9.59 Å². The van der Waals surface area contributed by atoms with Gasteiger partial charge < -0.3 is 19.4 Å². The molecule has 2 aromatic rings. The van der Waals surface area contributed by atoms with Gasteiger partial charge in [-0.15, -0.1) is 12.4 Å². The molecule has 3 saturated heterocycles. The van der Waals surface area contributed by atoms with Crippen LogP contribution in [0.25, 0.3) is 0 Å².